The van der Waals surface area contributed by atoms with E-state index >= 15 is 0 Å². The van der Waals surface area contributed by atoms with Crippen LogP contribution in [0.3, 0.4) is 0 Å². The SMILES string of the molecule is CC1CCCN(C(=O)c2cncc(Nc3cccc(F)c3)c2)C1. The highest BCUT2D eigenvalue weighted by atomic mass is 19.1. The maximum absolute atomic E-state index is 13.2. The number of likely N-dealkylation sites (tertiary alicyclic amines) is 1. The van der Waals surface area contributed by atoms with Crippen molar-refractivity contribution < 1.29 is 9.18 Å². The third-order valence-corrected chi connectivity index (χ3v) is 4.04. The van der Waals surface area contributed by atoms with Gasteiger partial charge in [-0.3, -0.25) is 9.78 Å². The lowest BCUT2D eigenvalue weighted by molar-refractivity contribution is 0.0682. The summed E-state index contributed by atoms with van der Waals surface area (Å²) in [7, 11) is 0. The highest BCUT2D eigenvalue weighted by molar-refractivity contribution is 5.95. The van der Waals surface area contributed by atoms with Crippen LogP contribution in [0.25, 0.3) is 0 Å². The minimum absolute atomic E-state index is 0.00643. The zero-order valence-electron chi connectivity index (χ0n) is 13.1. The van der Waals surface area contributed by atoms with Gasteiger partial charge in [0.05, 0.1) is 17.4 Å². The van der Waals surface area contributed by atoms with Crippen LogP contribution in [0.2, 0.25) is 0 Å². The summed E-state index contributed by atoms with van der Waals surface area (Å²) in [5, 5.41) is 3.08. The number of amides is 1. The Labute approximate surface area is 135 Å². The van der Waals surface area contributed by atoms with Gasteiger partial charge in [0.25, 0.3) is 5.91 Å². The Kier molecular flexibility index (Phi) is 4.55. The second-order valence-electron chi connectivity index (χ2n) is 6.10. The fourth-order valence-corrected chi connectivity index (χ4v) is 2.91. The average Bonchev–Trinajstić information content (AvgIpc) is 2.54. The van der Waals surface area contributed by atoms with Crippen molar-refractivity contribution in [3.05, 3.63) is 54.1 Å². The second-order valence-corrected chi connectivity index (χ2v) is 6.10. The van der Waals surface area contributed by atoms with Crippen molar-refractivity contribution in [1.82, 2.24) is 9.88 Å². The van der Waals surface area contributed by atoms with E-state index in [4.69, 9.17) is 0 Å². The number of rotatable bonds is 3. The van der Waals surface area contributed by atoms with Crippen molar-refractivity contribution in [3.63, 3.8) is 0 Å². The molecule has 1 fully saturated rings. The van der Waals surface area contributed by atoms with Gasteiger partial charge in [-0.15, -0.1) is 0 Å². The molecule has 5 heteroatoms. The van der Waals surface area contributed by atoms with Gasteiger partial charge in [0, 0.05) is 25.0 Å². The highest BCUT2D eigenvalue weighted by Crippen LogP contribution is 2.21. The van der Waals surface area contributed by atoms with E-state index in [2.05, 4.69) is 17.2 Å². The van der Waals surface area contributed by atoms with Gasteiger partial charge in [-0.25, -0.2) is 4.39 Å². The van der Waals surface area contributed by atoms with E-state index in [-0.39, 0.29) is 11.7 Å². The maximum Gasteiger partial charge on any atom is 0.255 e. The predicted octanol–water partition coefficient (Wildman–Crippen LogP) is 3.84. The Morgan fingerprint density at radius 2 is 2.17 bits per heavy atom. The number of pyridine rings is 1. The van der Waals surface area contributed by atoms with Gasteiger partial charge in [-0.2, -0.15) is 0 Å². The summed E-state index contributed by atoms with van der Waals surface area (Å²) in [6, 6.07) is 7.96. The molecule has 2 heterocycles. The molecule has 23 heavy (non-hydrogen) atoms. The van der Waals surface area contributed by atoms with Crippen LogP contribution in [-0.4, -0.2) is 28.9 Å². The molecule has 0 aliphatic carbocycles. The topological polar surface area (TPSA) is 45.2 Å². The number of benzene rings is 1. The van der Waals surface area contributed by atoms with E-state index < -0.39 is 0 Å². The Morgan fingerprint density at radius 3 is 2.96 bits per heavy atom. The standard InChI is InChI=1S/C18H20FN3O/c1-13-4-3-7-22(12-13)18(23)14-8-17(11-20-10-14)21-16-6-2-5-15(19)9-16/h2,5-6,8-11,13,21H,3-4,7,12H2,1H3. The molecule has 0 radical (unpaired) electrons. The molecule has 0 bridgehead atoms. The van der Waals surface area contributed by atoms with E-state index in [0.717, 1.165) is 19.5 Å². The van der Waals surface area contributed by atoms with E-state index in [0.29, 0.717) is 22.9 Å². The van der Waals surface area contributed by atoms with Gasteiger partial charge >= 0.3 is 0 Å². The normalized spacial score (nSPS) is 17.8. The first-order valence-electron chi connectivity index (χ1n) is 7.89. The van der Waals surface area contributed by atoms with Gasteiger partial charge in [-0.1, -0.05) is 13.0 Å². The molecule has 2 aromatic rings. The van der Waals surface area contributed by atoms with Crippen LogP contribution in [-0.2, 0) is 0 Å². The summed E-state index contributed by atoms with van der Waals surface area (Å²) in [6.07, 6.45) is 5.42. The highest BCUT2D eigenvalue weighted by Gasteiger charge is 2.22. The number of carbonyl (C=O) groups is 1. The number of aromatic nitrogens is 1. The number of hydrogen-bond acceptors (Lipinski definition) is 3. The van der Waals surface area contributed by atoms with Crippen molar-refractivity contribution >= 4 is 17.3 Å². The maximum atomic E-state index is 13.2. The Balaban J connectivity index is 1.75. The van der Waals surface area contributed by atoms with Gasteiger partial charge in [0.1, 0.15) is 5.82 Å². The quantitative estimate of drug-likeness (QED) is 0.936. The van der Waals surface area contributed by atoms with Crippen molar-refractivity contribution in [2.24, 2.45) is 5.92 Å². The number of piperidine rings is 1. The van der Waals surface area contributed by atoms with Gasteiger partial charge in [-0.05, 0) is 43.0 Å². The third-order valence-electron chi connectivity index (χ3n) is 4.04. The smallest absolute Gasteiger partial charge is 0.255 e. The first kappa shape index (κ1) is 15.5. The third kappa shape index (κ3) is 3.86. The van der Waals surface area contributed by atoms with Crippen LogP contribution in [0.5, 0.6) is 0 Å². The summed E-state index contributed by atoms with van der Waals surface area (Å²) < 4.78 is 13.2. The Morgan fingerprint density at radius 1 is 1.30 bits per heavy atom. The summed E-state index contributed by atoms with van der Waals surface area (Å²) in [5.41, 5.74) is 1.86. The van der Waals surface area contributed by atoms with Crippen molar-refractivity contribution in [3.8, 4) is 0 Å². The fourth-order valence-electron chi connectivity index (χ4n) is 2.91. The molecule has 1 aromatic carbocycles. The molecule has 120 valence electrons. The summed E-state index contributed by atoms with van der Waals surface area (Å²) in [5.74, 6) is 0.235. The molecular formula is C18H20FN3O. The van der Waals surface area contributed by atoms with Crippen LogP contribution in [0.15, 0.2) is 42.7 Å². The predicted molar refractivity (Wildman–Crippen MR) is 88.2 cm³/mol. The fraction of sp³-hybridized carbons (Fsp3) is 0.333. The molecule has 1 N–H and O–H groups in total. The van der Waals surface area contributed by atoms with Crippen LogP contribution in [0.4, 0.5) is 15.8 Å². The summed E-state index contributed by atoms with van der Waals surface area (Å²) in [6.45, 7) is 3.75. The molecular weight excluding hydrogens is 293 g/mol. The Hall–Kier alpha value is -2.43. The van der Waals surface area contributed by atoms with E-state index in [1.807, 2.05) is 4.90 Å². The molecule has 1 aromatic heterocycles. The second kappa shape index (κ2) is 6.77. The van der Waals surface area contributed by atoms with Crippen molar-refractivity contribution in [2.75, 3.05) is 18.4 Å². The molecule has 1 amide bonds. The molecule has 1 atom stereocenters. The van der Waals surface area contributed by atoms with E-state index in [1.165, 1.54) is 18.6 Å². The van der Waals surface area contributed by atoms with Crippen LogP contribution >= 0.6 is 0 Å². The average molecular weight is 313 g/mol. The molecule has 1 aliphatic rings. The zero-order chi connectivity index (χ0) is 16.2. The van der Waals surface area contributed by atoms with Crippen molar-refractivity contribution in [2.45, 2.75) is 19.8 Å². The van der Waals surface area contributed by atoms with Crippen LogP contribution in [0, 0.1) is 11.7 Å². The molecule has 3 rings (SSSR count). The van der Waals surface area contributed by atoms with Crippen molar-refractivity contribution in [1.29, 1.82) is 0 Å². The summed E-state index contributed by atoms with van der Waals surface area (Å²) >= 11 is 0. The number of carbonyl (C=O) groups excluding carboxylic acids is 1. The lowest BCUT2D eigenvalue weighted by Gasteiger charge is -2.31. The number of halogens is 1. The van der Waals surface area contributed by atoms with Crippen LogP contribution < -0.4 is 5.32 Å². The largest absolute Gasteiger partial charge is 0.354 e. The van der Waals surface area contributed by atoms with Gasteiger partial charge in [0.15, 0.2) is 0 Å². The minimum atomic E-state index is -0.308. The summed E-state index contributed by atoms with van der Waals surface area (Å²) in [4.78, 5) is 18.6. The molecule has 1 aliphatic heterocycles. The zero-order valence-corrected chi connectivity index (χ0v) is 13.1. The monoisotopic (exact) mass is 313 g/mol. The molecule has 1 unspecified atom stereocenters. The molecule has 1 saturated heterocycles. The first-order chi connectivity index (χ1) is 11.1. The number of nitrogens with one attached hydrogen (secondary N) is 1. The van der Waals surface area contributed by atoms with E-state index in [1.54, 1.807) is 30.6 Å². The lowest BCUT2D eigenvalue weighted by Crippen LogP contribution is -2.39. The molecule has 0 spiro atoms. The number of nitrogens with zero attached hydrogens (tertiary/aromatic N) is 2. The minimum Gasteiger partial charge on any atom is -0.354 e. The van der Waals surface area contributed by atoms with Crippen LogP contribution in [0.1, 0.15) is 30.1 Å². The molecule has 4 nitrogen and oxygen atoms in total. The Bertz CT molecular complexity index is 704. The van der Waals surface area contributed by atoms with E-state index in [9.17, 15) is 9.18 Å². The number of hydrogen-bond donors (Lipinski definition) is 1. The first-order valence-corrected chi connectivity index (χ1v) is 7.89. The van der Waals surface area contributed by atoms with Gasteiger partial charge < -0.3 is 10.2 Å². The van der Waals surface area contributed by atoms with Gasteiger partial charge in [0.2, 0.25) is 0 Å². The lowest BCUT2D eigenvalue weighted by atomic mass is 10.00. The molecule has 0 saturated carbocycles. The number of anilines is 2.